The Labute approximate surface area is 102 Å². The number of esters is 1. The van der Waals surface area contributed by atoms with Crippen LogP contribution >= 0.6 is 0 Å². The third-order valence-electron chi connectivity index (χ3n) is 2.97. The first-order valence-electron chi connectivity index (χ1n) is 5.76. The highest BCUT2D eigenvalue weighted by atomic mass is 16.5. The molecule has 2 atom stereocenters. The van der Waals surface area contributed by atoms with E-state index in [1.807, 2.05) is 19.9 Å². The molecule has 0 bridgehead atoms. The summed E-state index contributed by atoms with van der Waals surface area (Å²) in [4.78, 5) is 24.9. The molecule has 1 fully saturated rings. The van der Waals surface area contributed by atoms with Gasteiger partial charge in [0.2, 0.25) is 5.91 Å². The zero-order valence-electron chi connectivity index (χ0n) is 10.6. The van der Waals surface area contributed by atoms with E-state index in [4.69, 9.17) is 4.74 Å². The van der Waals surface area contributed by atoms with E-state index in [0.29, 0.717) is 13.1 Å². The predicted octanol–water partition coefficient (Wildman–Crippen LogP) is 1.39. The lowest BCUT2D eigenvalue weighted by atomic mass is 9.99. The van der Waals surface area contributed by atoms with Gasteiger partial charge in [0.25, 0.3) is 0 Å². The molecule has 0 spiro atoms. The van der Waals surface area contributed by atoms with Gasteiger partial charge in [-0.05, 0) is 12.8 Å². The molecule has 94 valence electrons. The van der Waals surface area contributed by atoms with Gasteiger partial charge in [0.05, 0.1) is 13.0 Å². The molecule has 1 heterocycles. The van der Waals surface area contributed by atoms with Crippen molar-refractivity contribution in [3.63, 3.8) is 0 Å². The Morgan fingerprint density at radius 2 is 2.00 bits per heavy atom. The van der Waals surface area contributed by atoms with Gasteiger partial charge < -0.3 is 9.64 Å². The van der Waals surface area contributed by atoms with Gasteiger partial charge in [-0.3, -0.25) is 9.59 Å². The number of carbonyl (C=O) groups excluding carboxylic acids is 2. The summed E-state index contributed by atoms with van der Waals surface area (Å²) in [6.07, 6.45) is 6.88. The molecule has 0 aromatic carbocycles. The highest BCUT2D eigenvalue weighted by Gasteiger charge is 2.36. The lowest BCUT2D eigenvalue weighted by Gasteiger charge is -2.13. The second-order valence-electron chi connectivity index (χ2n) is 4.24. The molecule has 1 saturated heterocycles. The van der Waals surface area contributed by atoms with Crippen LogP contribution in [0.3, 0.4) is 0 Å². The number of amides is 1. The second-order valence-corrected chi connectivity index (χ2v) is 4.24. The van der Waals surface area contributed by atoms with Crippen LogP contribution in [0.25, 0.3) is 0 Å². The van der Waals surface area contributed by atoms with Crippen LogP contribution in [-0.2, 0) is 14.3 Å². The van der Waals surface area contributed by atoms with Crippen molar-refractivity contribution in [2.24, 2.45) is 11.8 Å². The topological polar surface area (TPSA) is 46.6 Å². The molecule has 4 heteroatoms. The number of ether oxygens (including phenoxy) is 1. The Morgan fingerprint density at radius 1 is 1.29 bits per heavy atom. The van der Waals surface area contributed by atoms with Crippen molar-refractivity contribution in [2.75, 3.05) is 20.2 Å². The first-order valence-corrected chi connectivity index (χ1v) is 5.76. The molecule has 1 aliphatic heterocycles. The van der Waals surface area contributed by atoms with Crippen LogP contribution in [0.2, 0.25) is 0 Å². The third kappa shape index (κ3) is 3.44. The van der Waals surface area contributed by atoms with E-state index in [1.165, 1.54) is 13.2 Å². The average molecular weight is 237 g/mol. The van der Waals surface area contributed by atoms with Crippen molar-refractivity contribution < 1.29 is 14.3 Å². The number of hydrogen-bond donors (Lipinski definition) is 0. The van der Waals surface area contributed by atoms with Crippen molar-refractivity contribution >= 4 is 11.9 Å². The standard InChI is InChI=1S/C13H19NO3/c1-4-5-6-7-12(15)14-8-10(2)11(9-14)13(16)17-3/h4-7,10-11H,8-9H2,1-3H3. The number of hydrogen-bond acceptors (Lipinski definition) is 3. The van der Waals surface area contributed by atoms with Crippen LogP contribution in [0.5, 0.6) is 0 Å². The molecule has 0 saturated carbocycles. The normalized spacial score (nSPS) is 24.8. The maximum absolute atomic E-state index is 11.8. The molecule has 1 amide bonds. The van der Waals surface area contributed by atoms with Gasteiger partial charge in [-0.2, -0.15) is 0 Å². The third-order valence-corrected chi connectivity index (χ3v) is 2.97. The van der Waals surface area contributed by atoms with Crippen molar-refractivity contribution in [3.8, 4) is 0 Å². The molecule has 1 rings (SSSR count). The minimum absolute atomic E-state index is 0.0543. The van der Waals surface area contributed by atoms with Gasteiger partial charge in [-0.25, -0.2) is 0 Å². The Hall–Kier alpha value is -1.58. The average Bonchev–Trinajstić information content (AvgIpc) is 2.70. The molecule has 0 radical (unpaired) electrons. The van der Waals surface area contributed by atoms with E-state index in [0.717, 1.165) is 0 Å². The number of allylic oxidation sites excluding steroid dienone is 3. The fourth-order valence-corrected chi connectivity index (χ4v) is 1.96. The maximum Gasteiger partial charge on any atom is 0.310 e. The largest absolute Gasteiger partial charge is 0.469 e. The van der Waals surface area contributed by atoms with Crippen molar-refractivity contribution in [1.29, 1.82) is 0 Å². The fourth-order valence-electron chi connectivity index (χ4n) is 1.96. The van der Waals surface area contributed by atoms with Crippen LogP contribution in [-0.4, -0.2) is 37.0 Å². The summed E-state index contributed by atoms with van der Waals surface area (Å²) in [5.41, 5.74) is 0. The molecule has 0 aromatic rings. The number of rotatable bonds is 3. The Bertz CT molecular complexity index is 347. The Kier molecular flexibility index (Phi) is 4.94. The van der Waals surface area contributed by atoms with Gasteiger partial charge in [0.1, 0.15) is 0 Å². The molecular weight excluding hydrogens is 218 g/mol. The first kappa shape index (κ1) is 13.5. The maximum atomic E-state index is 11.8. The number of likely N-dealkylation sites (tertiary alicyclic amines) is 1. The van der Waals surface area contributed by atoms with Gasteiger partial charge in [0.15, 0.2) is 0 Å². The smallest absolute Gasteiger partial charge is 0.310 e. The van der Waals surface area contributed by atoms with Crippen LogP contribution < -0.4 is 0 Å². The number of methoxy groups -OCH3 is 1. The Morgan fingerprint density at radius 3 is 2.59 bits per heavy atom. The quantitative estimate of drug-likeness (QED) is 0.423. The van der Waals surface area contributed by atoms with E-state index >= 15 is 0 Å². The van der Waals surface area contributed by atoms with E-state index in [2.05, 4.69) is 0 Å². The molecule has 2 unspecified atom stereocenters. The number of carbonyl (C=O) groups is 2. The van der Waals surface area contributed by atoms with Gasteiger partial charge in [-0.15, -0.1) is 0 Å². The lowest BCUT2D eigenvalue weighted by molar-refractivity contribution is -0.146. The van der Waals surface area contributed by atoms with Crippen molar-refractivity contribution in [2.45, 2.75) is 13.8 Å². The van der Waals surface area contributed by atoms with Gasteiger partial charge in [0, 0.05) is 19.2 Å². The summed E-state index contributed by atoms with van der Waals surface area (Å²) in [5, 5.41) is 0. The van der Waals surface area contributed by atoms with Crippen LogP contribution in [0.1, 0.15) is 13.8 Å². The highest BCUT2D eigenvalue weighted by molar-refractivity contribution is 5.89. The highest BCUT2D eigenvalue weighted by Crippen LogP contribution is 2.24. The molecule has 17 heavy (non-hydrogen) atoms. The monoisotopic (exact) mass is 237 g/mol. The minimum atomic E-state index is -0.231. The first-order chi connectivity index (χ1) is 8.10. The van der Waals surface area contributed by atoms with Crippen LogP contribution in [0.4, 0.5) is 0 Å². The summed E-state index contributed by atoms with van der Waals surface area (Å²) < 4.78 is 4.73. The second kappa shape index (κ2) is 6.23. The fraction of sp³-hybridized carbons (Fsp3) is 0.538. The minimum Gasteiger partial charge on any atom is -0.469 e. The molecule has 4 nitrogen and oxygen atoms in total. The van der Waals surface area contributed by atoms with Crippen LogP contribution in [0.15, 0.2) is 24.3 Å². The molecule has 1 aliphatic rings. The van der Waals surface area contributed by atoms with Crippen molar-refractivity contribution in [3.05, 3.63) is 24.3 Å². The zero-order chi connectivity index (χ0) is 12.8. The summed E-state index contributed by atoms with van der Waals surface area (Å²) in [6.45, 7) is 4.91. The summed E-state index contributed by atoms with van der Waals surface area (Å²) in [6, 6.07) is 0. The molecular formula is C13H19NO3. The number of nitrogens with zero attached hydrogens (tertiary/aromatic N) is 1. The van der Waals surface area contributed by atoms with E-state index in [-0.39, 0.29) is 23.7 Å². The lowest BCUT2D eigenvalue weighted by Crippen LogP contribution is -2.28. The summed E-state index contributed by atoms with van der Waals surface area (Å²) in [5.74, 6) is -0.327. The molecule has 0 aromatic heterocycles. The molecule has 0 N–H and O–H groups in total. The van der Waals surface area contributed by atoms with Crippen LogP contribution in [0, 0.1) is 11.8 Å². The summed E-state index contributed by atoms with van der Waals surface area (Å²) in [7, 11) is 1.38. The zero-order valence-corrected chi connectivity index (χ0v) is 10.6. The van der Waals surface area contributed by atoms with Gasteiger partial charge >= 0.3 is 5.97 Å². The SMILES string of the molecule is CC=CC=CC(=O)N1CC(C)C(C(=O)OC)C1. The predicted molar refractivity (Wildman–Crippen MR) is 65.2 cm³/mol. The Balaban J connectivity index is 2.59. The van der Waals surface area contributed by atoms with E-state index < -0.39 is 0 Å². The molecule has 0 aliphatic carbocycles. The van der Waals surface area contributed by atoms with E-state index in [9.17, 15) is 9.59 Å². The van der Waals surface area contributed by atoms with Gasteiger partial charge in [-0.1, -0.05) is 25.2 Å². The van der Waals surface area contributed by atoms with Crippen molar-refractivity contribution in [1.82, 2.24) is 4.90 Å². The summed E-state index contributed by atoms with van der Waals surface area (Å²) >= 11 is 0. The van der Waals surface area contributed by atoms with E-state index in [1.54, 1.807) is 17.1 Å².